The maximum atomic E-state index is 13.2. The molecule has 194 valence electrons. The molecule has 3 amide bonds. The summed E-state index contributed by atoms with van der Waals surface area (Å²) in [5.74, 6) is 0.381. The number of hydrogen-bond donors (Lipinski definition) is 4. The monoisotopic (exact) mass is 514 g/mol. The van der Waals surface area contributed by atoms with Crippen LogP contribution in [0.3, 0.4) is 0 Å². The van der Waals surface area contributed by atoms with Gasteiger partial charge in [0.2, 0.25) is 0 Å². The van der Waals surface area contributed by atoms with E-state index in [0.29, 0.717) is 72.4 Å². The van der Waals surface area contributed by atoms with Gasteiger partial charge in [0.15, 0.2) is 17.1 Å². The fourth-order valence-corrected chi connectivity index (χ4v) is 4.44. The number of rotatable bonds is 4. The van der Waals surface area contributed by atoms with Gasteiger partial charge in [-0.3, -0.25) is 9.89 Å². The summed E-state index contributed by atoms with van der Waals surface area (Å²) >= 11 is 0. The van der Waals surface area contributed by atoms with Crippen molar-refractivity contribution in [2.75, 3.05) is 46.9 Å². The van der Waals surface area contributed by atoms with Crippen molar-refractivity contribution >= 4 is 39.7 Å². The van der Waals surface area contributed by atoms with Crippen LogP contribution in [0.15, 0.2) is 42.5 Å². The molecule has 4 aromatic heterocycles. The number of pyridine rings is 2. The van der Waals surface area contributed by atoms with Gasteiger partial charge >= 0.3 is 6.03 Å². The van der Waals surface area contributed by atoms with E-state index in [-0.39, 0.29) is 11.9 Å². The molecule has 4 aromatic rings. The number of nitrogens with zero attached hydrogens (tertiary/aromatic N) is 6. The number of dihydropyridines is 1. The molecule has 13 nitrogen and oxygen atoms in total. The van der Waals surface area contributed by atoms with Gasteiger partial charge < -0.3 is 30.2 Å². The third-order valence-corrected chi connectivity index (χ3v) is 6.46. The predicted molar refractivity (Wildman–Crippen MR) is 140 cm³/mol. The van der Waals surface area contributed by atoms with Crippen molar-refractivity contribution in [2.24, 2.45) is 0 Å². The molecule has 0 spiro atoms. The maximum absolute atomic E-state index is 13.2. The Morgan fingerprint density at radius 1 is 1.16 bits per heavy atom. The zero-order valence-electron chi connectivity index (χ0n) is 20.9. The first-order valence-corrected chi connectivity index (χ1v) is 12.2. The smallest absolute Gasteiger partial charge is 0.321 e. The van der Waals surface area contributed by atoms with E-state index in [2.05, 4.69) is 35.8 Å². The molecule has 0 saturated carbocycles. The van der Waals surface area contributed by atoms with Crippen molar-refractivity contribution in [3.8, 4) is 11.5 Å². The molecular formula is C25H26N10O3. The van der Waals surface area contributed by atoms with Crippen LogP contribution < -0.4 is 10.6 Å². The van der Waals surface area contributed by atoms with Crippen LogP contribution in [0.2, 0.25) is 0 Å². The number of imidazole rings is 1. The van der Waals surface area contributed by atoms with Gasteiger partial charge in [-0.05, 0) is 29.3 Å². The van der Waals surface area contributed by atoms with Crippen LogP contribution in [0, 0.1) is 0 Å². The molecular weight excluding hydrogens is 488 g/mol. The topological polar surface area (TPSA) is 157 Å². The average molecular weight is 515 g/mol. The molecule has 0 bridgehead atoms. The van der Waals surface area contributed by atoms with E-state index in [4.69, 9.17) is 9.72 Å². The second-order valence-electron chi connectivity index (χ2n) is 9.21. The Bertz CT molecular complexity index is 1610. The van der Waals surface area contributed by atoms with Crippen LogP contribution >= 0.6 is 0 Å². The number of ether oxygens (including phenoxy) is 1. The van der Waals surface area contributed by atoms with E-state index in [1.807, 2.05) is 12.1 Å². The summed E-state index contributed by atoms with van der Waals surface area (Å²) in [4.78, 5) is 45.4. The lowest BCUT2D eigenvalue weighted by Gasteiger charge is -2.26. The number of H-pyrrole nitrogens is 2. The van der Waals surface area contributed by atoms with Gasteiger partial charge in [0.1, 0.15) is 11.2 Å². The Balaban J connectivity index is 1.34. The number of aromatic amines is 2. The zero-order chi connectivity index (χ0) is 26.2. The Morgan fingerprint density at radius 2 is 2.00 bits per heavy atom. The van der Waals surface area contributed by atoms with Crippen molar-refractivity contribution in [1.82, 2.24) is 50.6 Å². The van der Waals surface area contributed by atoms with Gasteiger partial charge in [-0.25, -0.2) is 19.7 Å². The average Bonchev–Trinajstić information content (AvgIpc) is 3.57. The molecule has 6 heterocycles. The number of amides is 3. The van der Waals surface area contributed by atoms with Gasteiger partial charge in [-0.15, -0.1) is 0 Å². The lowest BCUT2D eigenvalue weighted by Crippen LogP contribution is -2.40. The highest BCUT2D eigenvalue weighted by Gasteiger charge is 2.24. The van der Waals surface area contributed by atoms with E-state index in [1.54, 1.807) is 43.7 Å². The van der Waals surface area contributed by atoms with Gasteiger partial charge in [-0.1, -0.05) is 0 Å². The zero-order valence-corrected chi connectivity index (χ0v) is 20.9. The molecule has 2 aliphatic rings. The van der Waals surface area contributed by atoms with E-state index in [1.165, 1.54) is 4.90 Å². The second kappa shape index (κ2) is 9.59. The SMILES string of the molecule is CN(C)C(=O)NC1=CNCC(c2cnc3[nH]nc(-c4nc5c(C(=O)N6CCOCC6)ccnc5[nH]4)c3c2)=C1. The molecule has 2 aliphatic heterocycles. The first kappa shape index (κ1) is 23.6. The lowest BCUT2D eigenvalue weighted by atomic mass is 10.0. The molecule has 38 heavy (non-hydrogen) atoms. The number of hydrogen-bond acceptors (Lipinski definition) is 8. The van der Waals surface area contributed by atoms with Crippen LogP contribution in [0.4, 0.5) is 4.79 Å². The van der Waals surface area contributed by atoms with Gasteiger partial charge in [-0.2, -0.15) is 5.10 Å². The number of allylic oxidation sites excluding steroid dienone is 1. The third-order valence-electron chi connectivity index (χ3n) is 6.46. The fourth-order valence-electron chi connectivity index (χ4n) is 4.44. The lowest BCUT2D eigenvalue weighted by molar-refractivity contribution is 0.0304. The maximum Gasteiger partial charge on any atom is 0.321 e. The van der Waals surface area contributed by atoms with Gasteiger partial charge in [0.05, 0.1) is 29.9 Å². The van der Waals surface area contributed by atoms with E-state index in [9.17, 15) is 9.59 Å². The van der Waals surface area contributed by atoms with E-state index >= 15 is 0 Å². The van der Waals surface area contributed by atoms with Crippen LogP contribution in [0.1, 0.15) is 15.9 Å². The summed E-state index contributed by atoms with van der Waals surface area (Å²) in [6, 6.07) is 3.45. The first-order chi connectivity index (χ1) is 18.5. The molecule has 0 radical (unpaired) electrons. The van der Waals surface area contributed by atoms with Crippen molar-refractivity contribution < 1.29 is 14.3 Å². The highest BCUT2D eigenvalue weighted by molar-refractivity contribution is 6.05. The van der Waals surface area contributed by atoms with E-state index in [0.717, 1.165) is 16.5 Å². The summed E-state index contributed by atoms with van der Waals surface area (Å²) < 4.78 is 5.38. The minimum absolute atomic E-state index is 0.100. The van der Waals surface area contributed by atoms with Crippen molar-refractivity contribution in [2.45, 2.75) is 0 Å². The number of fused-ring (bicyclic) bond motifs is 2. The van der Waals surface area contributed by atoms with Crippen LogP contribution in [-0.4, -0.2) is 98.8 Å². The Labute approximate surface area is 217 Å². The largest absolute Gasteiger partial charge is 0.385 e. The highest BCUT2D eigenvalue weighted by atomic mass is 16.5. The second-order valence-corrected chi connectivity index (χ2v) is 9.21. The Hall–Kier alpha value is -4.78. The predicted octanol–water partition coefficient (Wildman–Crippen LogP) is 1.47. The molecule has 1 fully saturated rings. The number of carbonyl (C=O) groups is 2. The van der Waals surface area contributed by atoms with Crippen LogP contribution in [-0.2, 0) is 4.74 Å². The molecule has 6 rings (SSSR count). The number of nitrogens with one attached hydrogen (secondary N) is 4. The summed E-state index contributed by atoms with van der Waals surface area (Å²) in [6.07, 6.45) is 7.03. The first-order valence-electron chi connectivity index (χ1n) is 12.2. The van der Waals surface area contributed by atoms with E-state index < -0.39 is 0 Å². The quantitative estimate of drug-likeness (QED) is 0.319. The number of carbonyl (C=O) groups excluding carboxylic acids is 2. The van der Waals surface area contributed by atoms with Crippen LogP contribution in [0.5, 0.6) is 0 Å². The number of aromatic nitrogens is 6. The molecule has 4 N–H and O–H groups in total. The van der Waals surface area contributed by atoms with Crippen molar-refractivity contribution in [3.63, 3.8) is 0 Å². The fraction of sp³-hybridized carbons (Fsp3) is 0.280. The minimum atomic E-state index is -0.216. The normalized spacial score (nSPS) is 15.7. The van der Waals surface area contributed by atoms with Crippen molar-refractivity contribution in [3.05, 3.63) is 53.6 Å². The number of urea groups is 1. The Morgan fingerprint density at radius 3 is 2.82 bits per heavy atom. The highest BCUT2D eigenvalue weighted by Crippen LogP contribution is 2.29. The summed E-state index contributed by atoms with van der Waals surface area (Å²) in [7, 11) is 3.37. The minimum Gasteiger partial charge on any atom is -0.385 e. The standard InChI is InChI=1S/C25H26N10O3/c1-34(2)25(37)29-16-9-14(11-26-13-16)15-10-18-20(32-33-21(18)28-12-15)23-30-19-17(3-4-27-22(19)31-23)24(36)35-5-7-38-8-6-35/h3-4,9-10,12-13,26H,5-8,11H2,1-2H3,(H,29,37)(H,27,30,31)(H,28,32,33). The summed E-state index contributed by atoms with van der Waals surface area (Å²) in [6.45, 7) is 2.69. The molecule has 1 saturated heterocycles. The molecule has 0 atom stereocenters. The molecule has 0 aliphatic carbocycles. The summed E-state index contributed by atoms with van der Waals surface area (Å²) in [5, 5.41) is 14.2. The van der Waals surface area contributed by atoms with Gasteiger partial charge in [0, 0.05) is 52.3 Å². The Kier molecular flexibility index (Phi) is 5.96. The third kappa shape index (κ3) is 4.32. The molecule has 0 unspecified atom stereocenters. The van der Waals surface area contributed by atoms with Crippen molar-refractivity contribution in [1.29, 1.82) is 0 Å². The molecule has 13 heteroatoms. The summed E-state index contributed by atoms with van der Waals surface area (Å²) in [5.41, 5.74) is 5.12. The molecule has 0 aromatic carbocycles. The van der Waals surface area contributed by atoms with Crippen LogP contribution in [0.25, 0.3) is 39.3 Å². The van der Waals surface area contributed by atoms with Gasteiger partial charge in [0.25, 0.3) is 5.91 Å². The number of morpholine rings is 1.